The molecule has 0 bridgehead atoms. The third-order valence-corrected chi connectivity index (χ3v) is 5.34. The maximum atomic E-state index is 5.96. The van der Waals surface area contributed by atoms with E-state index in [0.29, 0.717) is 12.1 Å². The normalized spacial score (nSPS) is 31.7. The number of hydrogen-bond acceptors (Lipinski definition) is 4. The van der Waals surface area contributed by atoms with E-state index in [0.717, 1.165) is 45.6 Å². The van der Waals surface area contributed by atoms with Crippen molar-refractivity contribution in [2.24, 2.45) is 0 Å². The van der Waals surface area contributed by atoms with Gasteiger partial charge in [-0.25, -0.2) is 0 Å². The van der Waals surface area contributed by atoms with Crippen molar-refractivity contribution < 1.29 is 9.47 Å². The van der Waals surface area contributed by atoms with Crippen molar-refractivity contribution in [2.45, 2.75) is 50.2 Å². The van der Waals surface area contributed by atoms with E-state index in [4.69, 9.17) is 9.47 Å². The second kappa shape index (κ2) is 5.36. The molecule has 2 heterocycles. The number of fused-ring (bicyclic) bond motifs is 1. The van der Waals surface area contributed by atoms with Gasteiger partial charge < -0.3 is 14.8 Å². The summed E-state index contributed by atoms with van der Waals surface area (Å²) < 4.78 is 11.9. The fourth-order valence-electron chi connectivity index (χ4n) is 4.20. The van der Waals surface area contributed by atoms with Crippen molar-refractivity contribution in [1.29, 1.82) is 0 Å². The maximum Gasteiger partial charge on any atom is 0.170 e. The van der Waals surface area contributed by atoms with E-state index in [9.17, 15) is 0 Å². The van der Waals surface area contributed by atoms with E-state index in [1.807, 2.05) is 0 Å². The molecule has 1 saturated heterocycles. The van der Waals surface area contributed by atoms with Gasteiger partial charge in [0.2, 0.25) is 0 Å². The summed E-state index contributed by atoms with van der Waals surface area (Å²) in [4.78, 5) is 2.60. The number of likely N-dealkylation sites (N-methyl/N-ethyl adjacent to an activating group) is 1. The fraction of sp³-hybridized carbons (Fsp3) is 0.647. The van der Waals surface area contributed by atoms with Crippen LogP contribution in [0.4, 0.5) is 0 Å². The number of nitrogens with one attached hydrogen (secondary N) is 1. The standard InChI is InChI=1S/C17H24N2O2/c1-18-15-6-7-17(20-8-9-21-17)10-16(15)19-11-13-4-2-3-5-14(13)12-19/h2-5,15-16,18H,6-12H2,1H3. The van der Waals surface area contributed by atoms with Gasteiger partial charge in [0.1, 0.15) is 0 Å². The summed E-state index contributed by atoms with van der Waals surface area (Å²) in [6.45, 7) is 3.60. The van der Waals surface area contributed by atoms with Crippen LogP contribution in [-0.4, -0.2) is 43.0 Å². The van der Waals surface area contributed by atoms with Gasteiger partial charge in [-0.3, -0.25) is 4.90 Å². The Morgan fingerprint density at radius 3 is 2.43 bits per heavy atom. The molecule has 1 aromatic rings. The molecule has 2 atom stereocenters. The van der Waals surface area contributed by atoms with Gasteiger partial charge in [0.05, 0.1) is 13.2 Å². The molecule has 21 heavy (non-hydrogen) atoms. The van der Waals surface area contributed by atoms with Crippen LogP contribution < -0.4 is 5.32 Å². The average molecular weight is 288 g/mol. The van der Waals surface area contributed by atoms with Crippen LogP contribution in [0.15, 0.2) is 24.3 Å². The molecule has 2 unspecified atom stereocenters. The van der Waals surface area contributed by atoms with E-state index in [1.54, 1.807) is 0 Å². The molecule has 1 spiro atoms. The van der Waals surface area contributed by atoms with Gasteiger partial charge in [0, 0.05) is 38.0 Å². The molecule has 1 N–H and O–H groups in total. The zero-order valence-electron chi connectivity index (χ0n) is 12.7. The molecule has 0 amide bonds. The molecule has 0 radical (unpaired) electrons. The first kappa shape index (κ1) is 13.7. The molecular weight excluding hydrogens is 264 g/mol. The summed E-state index contributed by atoms with van der Waals surface area (Å²) in [5.41, 5.74) is 2.94. The first-order valence-corrected chi connectivity index (χ1v) is 8.06. The topological polar surface area (TPSA) is 33.7 Å². The molecule has 2 fully saturated rings. The number of hydrogen-bond donors (Lipinski definition) is 1. The van der Waals surface area contributed by atoms with E-state index in [-0.39, 0.29) is 5.79 Å². The number of rotatable bonds is 2. The molecule has 3 aliphatic rings. The Morgan fingerprint density at radius 2 is 1.81 bits per heavy atom. The van der Waals surface area contributed by atoms with Crippen molar-refractivity contribution >= 4 is 0 Å². The Bertz CT molecular complexity index is 488. The zero-order chi connectivity index (χ0) is 14.3. The minimum atomic E-state index is -0.313. The summed E-state index contributed by atoms with van der Waals surface area (Å²) >= 11 is 0. The fourth-order valence-corrected chi connectivity index (χ4v) is 4.20. The van der Waals surface area contributed by atoms with Gasteiger partial charge in [0.25, 0.3) is 0 Å². The molecule has 1 aromatic carbocycles. The highest BCUT2D eigenvalue weighted by Crippen LogP contribution is 2.40. The van der Waals surface area contributed by atoms with Gasteiger partial charge in [-0.1, -0.05) is 24.3 Å². The number of ether oxygens (including phenoxy) is 2. The molecule has 2 aliphatic heterocycles. The lowest BCUT2D eigenvalue weighted by Gasteiger charge is -2.44. The second-order valence-corrected chi connectivity index (χ2v) is 6.49. The molecule has 114 valence electrons. The van der Waals surface area contributed by atoms with Crippen molar-refractivity contribution in [3.63, 3.8) is 0 Å². The van der Waals surface area contributed by atoms with E-state index >= 15 is 0 Å². The van der Waals surface area contributed by atoms with E-state index < -0.39 is 0 Å². The summed E-state index contributed by atoms with van der Waals surface area (Å²) in [6.07, 6.45) is 3.11. The van der Waals surface area contributed by atoms with Crippen LogP contribution >= 0.6 is 0 Å². The summed E-state index contributed by atoms with van der Waals surface area (Å²) in [7, 11) is 2.08. The Hall–Kier alpha value is -0.940. The van der Waals surface area contributed by atoms with Crippen LogP contribution in [0, 0.1) is 0 Å². The first-order chi connectivity index (χ1) is 10.3. The minimum absolute atomic E-state index is 0.313. The van der Waals surface area contributed by atoms with Crippen LogP contribution in [0.2, 0.25) is 0 Å². The lowest BCUT2D eigenvalue weighted by Crippen LogP contribution is -2.55. The summed E-state index contributed by atoms with van der Waals surface area (Å²) in [6, 6.07) is 9.80. The smallest absolute Gasteiger partial charge is 0.170 e. The Morgan fingerprint density at radius 1 is 1.14 bits per heavy atom. The van der Waals surface area contributed by atoms with Crippen molar-refractivity contribution in [1.82, 2.24) is 10.2 Å². The van der Waals surface area contributed by atoms with Crippen LogP contribution in [0.3, 0.4) is 0 Å². The van der Waals surface area contributed by atoms with Gasteiger partial charge in [-0.2, -0.15) is 0 Å². The zero-order valence-corrected chi connectivity index (χ0v) is 12.7. The molecule has 0 aromatic heterocycles. The Labute approximate surface area is 126 Å². The maximum absolute atomic E-state index is 5.96. The SMILES string of the molecule is CNC1CCC2(CC1N1Cc3ccccc3C1)OCCO2. The largest absolute Gasteiger partial charge is 0.347 e. The average Bonchev–Trinajstić information content (AvgIpc) is 3.14. The third kappa shape index (κ3) is 2.40. The van der Waals surface area contributed by atoms with Crippen LogP contribution in [0.1, 0.15) is 30.4 Å². The van der Waals surface area contributed by atoms with Gasteiger partial charge in [0.15, 0.2) is 5.79 Å². The highest BCUT2D eigenvalue weighted by molar-refractivity contribution is 5.30. The molecular formula is C17H24N2O2. The summed E-state index contributed by atoms with van der Waals surface area (Å²) in [5, 5.41) is 3.51. The Kier molecular flexibility index (Phi) is 3.50. The van der Waals surface area contributed by atoms with Crippen LogP contribution in [0.5, 0.6) is 0 Å². The predicted molar refractivity (Wildman–Crippen MR) is 80.8 cm³/mol. The molecule has 1 saturated carbocycles. The molecule has 4 heteroatoms. The van der Waals surface area contributed by atoms with Gasteiger partial charge in [-0.15, -0.1) is 0 Å². The monoisotopic (exact) mass is 288 g/mol. The highest BCUT2D eigenvalue weighted by Gasteiger charge is 2.47. The Balaban J connectivity index is 1.54. The van der Waals surface area contributed by atoms with Crippen LogP contribution in [-0.2, 0) is 22.6 Å². The van der Waals surface area contributed by atoms with Crippen molar-refractivity contribution in [2.75, 3.05) is 20.3 Å². The highest BCUT2D eigenvalue weighted by atomic mass is 16.7. The lowest BCUT2D eigenvalue weighted by atomic mass is 9.84. The van der Waals surface area contributed by atoms with Gasteiger partial charge in [-0.05, 0) is 24.6 Å². The number of nitrogens with zero attached hydrogens (tertiary/aromatic N) is 1. The molecule has 4 rings (SSSR count). The van der Waals surface area contributed by atoms with Crippen molar-refractivity contribution in [3.8, 4) is 0 Å². The van der Waals surface area contributed by atoms with Gasteiger partial charge >= 0.3 is 0 Å². The summed E-state index contributed by atoms with van der Waals surface area (Å²) in [5.74, 6) is -0.313. The van der Waals surface area contributed by atoms with E-state index in [2.05, 4.69) is 41.5 Å². The van der Waals surface area contributed by atoms with Crippen LogP contribution in [0.25, 0.3) is 0 Å². The lowest BCUT2D eigenvalue weighted by molar-refractivity contribution is -0.193. The minimum Gasteiger partial charge on any atom is -0.347 e. The van der Waals surface area contributed by atoms with Crippen molar-refractivity contribution in [3.05, 3.63) is 35.4 Å². The first-order valence-electron chi connectivity index (χ1n) is 8.06. The second-order valence-electron chi connectivity index (χ2n) is 6.49. The molecule has 4 nitrogen and oxygen atoms in total. The predicted octanol–water partition coefficient (Wildman–Crippen LogP) is 1.89. The quantitative estimate of drug-likeness (QED) is 0.901. The number of benzene rings is 1. The third-order valence-electron chi connectivity index (χ3n) is 5.34. The molecule has 1 aliphatic carbocycles. The van der Waals surface area contributed by atoms with E-state index in [1.165, 1.54) is 11.1 Å².